The van der Waals surface area contributed by atoms with E-state index < -0.39 is 25.4 Å². The predicted octanol–water partition coefficient (Wildman–Crippen LogP) is 0.234. The van der Waals surface area contributed by atoms with Crippen molar-refractivity contribution in [3.8, 4) is 5.75 Å². The van der Waals surface area contributed by atoms with Gasteiger partial charge < -0.3 is 19.9 Å². The Morgan fingerprint density at radius 2 is 2.12 bits per heavy atom. The summed E-state index contributed by atoms with van der Waals surface area (Å²) in [7, 11) is -1.68. The largest absolute Gasteiger partial charge is 0.493 e. The monoisotopic (exact) mass is 242 g/mol. The zero-order chi connectivity index (χ0) is 12.8. The lowest BCUT2D eigenvalue weighted by molar-refractivity contribution is -0.136. The van der Waals surface area contributed by atoms with Crippen LogP contribution in [-0.2, 0) is 11.2 Å². The van der Waals surface area contributed by atoms with Crippen molar-refractivity contribution in [3.05, 3.63) is 29.6 Å². The SMILES string of the molecule is O=C(O)CCc1cccc(OCB(O)O)c1F. The topological polar surface area (TPSA) is 87.0 Å². The summed E-state index contributed by atoms with van der Waals surface area (Å²) in [6.07, 6.45) is -0.122. The van der Waals surface area contributed by atoms with Gasteiger partial charge in [-0.2, -0.15) is 0 Å². The van der Waals surface area contributed by atoms with Crippen LogP contribution < -0.4 is 4.74 Å². The minimum absolute atomic E-state index is 0.0556. The molecule has 3 N–H and O–H groups in total. The Kier molecular flexibility index (Phi) is 4.93. The molecule has 0 aliphatic carbocycles. The van der Waals surface area contributed by atoms with Crippen molar-refractivity contribution in [2.24, 2.45) is 0 Å². The van der Waals surface area contributed by atoms with Crippen molar-refractivity contribution in [1.29, 1.82) is 0 Å². The number of carboxylic acids is 1. The first-order chi connectivity index (χ1) is 8.00. The number of rotatable bonds is 6. The van der Waals surface area contributed by atoms with Gasteiger partial charge >= 0.3 is 13.1 Å². The van der Waals surface area contributed by atoms with Gasteiger partial charge in [0.2, 0.25) is 0 Å². The summed E-state index contributed by atoms with van der Waals surface area (Å²) >= 11 is 0. The third-order valence-electron chi connectivity index (χ3n) is 2.04. The van der Waals surface area contributed by atoms with E-state index in [2.05, 4.69) is 0 Å². The third-order valence-corrected chi connectivity index (χ3v) is 2.04. The molecule has 1 aromatic carbocycles. The Morgan fingerprint density at radius 1 is 1.41 bits per heavy atom. The molecule has 0 aliphatic heterocycles. The Labute approximate surface area is 97.6 Å². The second-order valence-corrected chi connectivity index (χ2v) is 3.41. The number of aryl methyl sites for hydroxylation is 1. The van der Waals surface area contributed by atoms with Crippen LogP contribution >= 0.6 is 0 Å². The molecule has 0 saturated heterocycles. The number of carbonyl (C=O) groups is 1. The van der Waals surface area contributed by atoms with Crippen molar-refractivity contribution in [3.63, 3.8) is 0 Å². The van der Waals surface area contributed by atoms with Crippen LogP contribution in [0.1, 0.15) is 12.0 Å². The molecule has 1 rings (SSSR count). The van der Waals surface area contributed by atoms with E-state index in [0.29, 0.717) is 0 Å². The number of benzene rings is 1. The zero-order valence-electron chi connectivity index (χ0n) is 8.97. The summed E-state index contributed by atoms with van der Waals surface area (Å²) in [6.45, 7) is -0.445. The van der Waals surface area contributed by atoms with Gasteiger partial charge in [0, 0.05) is 6.42 Å². The fraction of sp³-hybridized carbons (Fsp3) is 0.300. The molecule has 0 atom stereocenters. The van der Waals surface area contributed by atoms with Crippen LogP contribution in [0, 0.1) is 5.82 Å². The van der Waals surface area contributed by atoms with Crippen LogP contribution in [0.25, 0.3) is 0 Å². The van der Waals surface area contributed by atoms with Crippen molar-refractivity contribution in [2.75, 3.05) is 6.51 Å². The van der Waals surface area contributed by atoms with E-state index >= 15 is 0 Å². The number of carboxylic acid groups (broad SMARTS) is 1. The molecule has 0 saturated carbocycles. The van der Waals surface area contributed by atoms with Crippen LogP contribution in [0.4, 0.5) is 4.39 Å². The van der Waals surface area contributed by atoms with Gasteiger partial charge in [-0.3, -0.25) is 4.79 Å². The minimum atomic E-state index is -1.68. The number of halogens is 1. The van der Waals surface area contributed by atoms with E-state index in [1.54, 1.807) is 0 Å². The highest BCUT2D eigenvalue weighted by atomic mass is 19.1. The first kappa shape index (κ1) is 13.5. The molecule has 0 aliphatic rings. The summed E-state index contributed by atoms with van der Waals surface area (Å²) in [5.41, 5.74) is 0.220. The highest BCUT2D eigenvalue weighted by molar-refractivity contribution is 6.40. The van der Waals surface area contributed by atoms with E-state index in [1.165, 1.54) is 18.2 Å². The van der Waals surface area contributed by atoms with Gasteiger partial charge in [-0.1, -0.05) is 12.1 Å². The second kappa shape index (κ2) is 6.22. The molecule has 92 valence electrons. The average molecular weight is 242 g/mol. The normalized spacial score (nSPS) is 10.1. The number of aliphatic carboxylic acids is 1. The Balaban J connectivity index is 2.72. The molecule has 0 radical (unpaired) electrons. The lowest BCUT2D eigenvalue weighted by atomic mass is 9.95. The molecule has 1 aromatic rings. The van der Waals surface area contributed by atoms with Gasteiger partial charge in [-0.25, -0.2) is 4.39 Å². The quantitative estimate of drug-likeness (QED) is 0.621. The second-order valence-electron chi connectivity index (χ2n) is 3.41. The summed E-state index contributed by atoms with van der Waals surface area (Å²) in [5, 5.41) is 25.7. The van der Waals surface area contributed by atoms with E-state index in [4.69, 9.17) is 19.9 Å². The molecule has 0 unspecified atom stereocenters. The van der Waals surface area contributed by atoms with Crippen molar-refractivity contribution in [2.45, 2.75) is 12.8 Å². The van der Waals surface area contributed by atoms with E-state index in [-0.39, 0.29) is 24.2 Å². The van der Waals surface area contributed by atoms with E-state index in [9.17, 15) is 9.18 Å². The molecule has 7 heteroatoms. The Hall–Kier alpha value is -1.60. The van der Waals surface area contributed by atoms with Gasteiger partial charge in [-0.05, 0) is 18.1 Å². The lowest BCUT2D eigenvalue weighted by Gasteiger charge is -2.09. The van der Waals surface area contributed by atoms with Crippen LogP contribution in [0.5, 0.6) is 5.75 Å². The fourth-order valence-electron chi connectivity index (χ4n) is 1.27. The molecule has 0 heterocycles. The lowest BCUT2D eigenvalue weighted by Crippen LogP contribution is -2.22. The maximum Gasteiger partial charge on any atom is 0.491 e. The van der Waals surface area contributed by atoms with Crippen molar-refractivity contribution >= 4 is 13.1 Å². The van der Waals surface area contributed by atoms with E-state index in [1.807, 2.05) is 0 Å². The fourth-order valence-corrected chi connectivity index (χ4v) is 1.27. The van der Waals surface area contributed by atoms with Gasteiger partial charge in [0.1, 0.15) is 6.51 Å². The number of hydrogen-bond donors (Lipinski definition) is 3. The first-order valence-corrected chi connectivity index (χ1v) is 4.99. The molecule has 0 spiro atoms. The van der Waals surface area contributed by atoms with Crippen LogP contribution in [0.3, 0.4) is 0 Å². The van der Waals surface area contributed by atoms with Gasteiger partial charge in [0.15, 0.2) is 11.6 Å². The number of hydrogen-bond acceptors (Lipinski definition) is 4. The molecule has 0 aromatic heterocycles. The van der Waals surface area contributed by atoms with Gasteiger partial charge in [-0.15, -0.1) is 0 Å². The first-order valence-electron chi connectivity index (χ1n) is 4.99. The molecular formula is C10H12BFO5. The molecular weight excluding hydrogens is 230 g/mol. The Bertz CT molecular complexity index is 396. The highest BCUT2D eigenvalue weighted by Crippen LogP contribution is 2.21. The van der Waals surface area contributed by atoms with Crippen molar-refractivity contribution in [1.82, 2.24) is 0 Å². The van der Waals surface area contributed by atoms with Gasteiger partial charge in [0.05, 0.1) is 0 Å². The van der Waals surface area contributed by atoms with Gasteiger partial charge in [0.25, 0.3) is 0 Å². The highest BCUT2D eigenvalue weighted by Gasteiger charge is 2.13. The summed E-state index contributed by atoms with van der Waals surface area (Å²) in [5.74, 6) is -1.81. The summed E-state index contributed by atoms with van der Waals surface area (Å²) < 4.78 is 18.5. The standard InChI is InChI=1S/C10H12BFO5/c12-10-7(4-5-9(13)14)2-1-3-8(10)17-6-11(15)16/h1-3,15-16H,4-6H2,(H,13,14). The molecule has 0 fully saturated rings. The average Bonchev–Trinajstić information content (AvgIpc) is 2.25. The zero-order valence-corrected chi connectivity index (χ0v) is 8.97. The maximum atomic E-state index is 13.7. The smallest absolute Gasteiger partial charge is 0.491 e. The van der Waals surface area contributed by atoms with Crippen LogP contribution in [0.2, 0.25) is 0 Å². The molecule has 17 heavy (non-hydrogen) atoms. The number of ether oxygens (including phenoxy) is 1. The van der Waals surface area contributed by atoms with E-state index in [0.717, 1.165) is 0 Å². The molecule has 0 bridgehead atoms. The predicted molar refractivity (Wildman–Crippen MR) is 58.0 cm³/mol. The minimum Gasteiger partial charge on any atom is -0.493 e. The Morgan fingerprint density at radius 3 is 2.71 bits per heavy atom. The third kappa shape index (κ3) is 4.42. The maximum absolute atomic E-state index is 13.7. The summed E-state index contributed by atoms with van der Waals surface area (Å²) in [4.78, 5) is 10.4. The van der Waals surface area contributed by atoms with Crippen molar-refractivity contribution < 1.29 is 29.1 Å². The van der Waals surface area contributed by atoms with Crippen LogP contribution in [0.15, 0.2) is 18.2 Å². The van der Waals surface area contributed by atoms with Crippen LogP contribution in [-0.4, -0.2) is 34.7 Å². The molecule has 5 nitrogen and oxygen atoms in total. The summed E-state index contributed by atoms with van der Waals surface area (Å²) in [6, 6.07) is 4.31. The molecule has 0 amide bonds.